The number of hydrogen-bond donors (Lipinski definition) is 1. The van der Waals surface area contributed by atoms with Crippen LogP contribution in [0.15, 0.2) is 0 Å². The Balaban J connectivity index is 2.82. The topological polar surface area (TPSA) is 84.9 Å². The minimum absolute atomic E-state index is 0.150. The van der Waals surface area contributed by atoms with Crippen molar-refractivity contribution in [2.45, 2.75) is 45.9 Å². The highest BCUT2D eigenvalue weighted by atomic mass is 16.6. The van der Waals surface area contributed by atoms with Crippen LogP contribution in [0.25, 0.3) is 0 Å². The van der Waals surface area contributed by atoms with E-state index in [1.165, 1.54) is 25.8 Å². The lowest BCUT2D eigenvalue weighted by Crippen LogP contribution is -2.64. The normalized spacial score (nSPS) is 27.6. The zero-order chi connectivity index (χ0) is 13.9. The molecule has 18 heavy (non-hydrogen) atoms. The summed E-state index contributed by atoms with van der Waals surface area (Å²) in [6.07, 6.45) is -1.27. The van der Waals surface area contributed by atoms with Crippen molar-refractivity contribution in [2.75, 3.05) is 6.54 Å². The first kappa shape index (κ1) is 14.4. The van der Waals surface area contributed by atoms with Crippen molar-refractivity contribution in [2.24, 2.45) is 0 Å². The number of hydrazine groups is 1. The van der Waals surface area contributed by atoms with Crippen molar-refractivity contribution in [3.63, 3.8) is 0 Å². The number of hydrogen-bond acceptors (Lipinski definition) is 6. The van der Waals surface area contributed by atoms with E-state index in [1.807, 2.05) is 0 Å². The van der Waals surface area contributed by atoms with Gasteiger partial charge in [0.25, 0.3) is 0 Å². The number of esters is 2. The molecule has 1 saturated heterocycles. The second-order valence-corrected chi connectivity index (χ2v) is 4.27. The van der Waals surface area contributed by atoms with Gasteiger partial charge in [-0.1, -0.05) is 0 Å². The number of ether oxygens (including phenoxy) is 2. The second-order valence-electron chi connectivity index (χ2n) is 4.27. The maximum atomic E-state index is 11.3. The van der Waals surface area contributed by atoms with Gasteiger partial charge in [-0.25, -0.2) is 5.43 Å². The number of nitrogens with zero attached hydrogens (tertiary/aromatic N) is 1. The monoisotopic (exact) mass is 258 g/mol. The van der Waals surface area contributed by atoms with Crippen molar-refractivity contribution >= 4 is 17.8 Å². The van der Waals surface area contributed by atoms with E-state index in [0.717, 1.165) is 0 Å². The minimum Gasteiger partial charge on any atom is -0.457 e. The molecule has 1 rings (SSSR count). The van der Waals surface area contributed by atoms with Crippen molar-refractivity contribution in [3.05, 3.63) is 0 Å². The summed E-state index contributed by atoms with van der Waals surface area (Å²) in [6.45, 7) is 5.86. The predicted octanol–water partition coefficient (Wildman–Crippen LogP) is -0.395. The van der Waals surface area contributed by atoms with E-state index >= 15 is 0 Å². The largest absolute Gasteiger partial charge is 0.457 e. The highest BCUT2D eigenvalue weighted by Crippen LogP contribution is 2.16. The van der Waals surface area contributed by atoms with Crippen LogP contribution in [0, 0.1) is 0 Å². The molecule has 0 bridgehead atoms. The number of amides is 1. The molecule has 0 saturated carbocycles. The van der Waals surface area contributed by atoms with E-state index in [1.54, 1.807) is 6.92 Å². The first-order chi connectivity index (χ1) is 8.31. The average Bonchev–Trinajstić information content (AvgIpc) is 2.21. The van der Waals surface area contributed by atoms with E-state index < -0.39 is 24.1 Å². The van der Waals surface area contributed by atoms with Gasteiger partial charge < -0.3 is 9.47 Å². The van der Waals surface area contributed by atoms with Gasteiger partial charge in [0.1, 0.15) is 0 Å². The molecule has 0 unspecified atom stereocenters. The molecule has 102 valence electrons. The lowest BCUT2D eigenvalue weighted by Gasteiger charge is -2.41. The second kappa shape index (κ2) is 5.81. The minimum atomic E-state index is -0.661. The van der Waals surface area contributed by atoms with Gasteiger partial charge in [-0.05, 0) is 6.92 Å². The molecule has 0 spiro atoms. The molecule has 1 amide bonds. The molecule has 1 fully saturated rings. The van der Waals surface area contributed by atoms with Gasteiger partial charge in [0, 0.05) is 20.8 Å². The number of carbonyl (C=O) groups excluding carboxylic acids is 3. The molecule has 0 radical (unpaired) electrons. The average molecular weight is 258 g/mol. The van der Waals surface area contributed by atoms with Crippen LogP contribution in [0.4, 0.5) is 0 Å². The van der Waals surface area contributed by atoms with E-state index in [0.29, 0.717) is 0 Å². The SMILES string of the molecule is CC(=O)O[C@@H]1[C@H](C)NN(C(C)=O)C[C@H]1OC(C)=O. The van der Waals surface area contributed by atoms with Crippen molar-refractivity contribution in [3.8, 4) is 0 Å². The third kappa shape index (κ3) is 3.69. The molecule has 1 N–H and O–H groups in total. The third-order valence-corrected chi connectivity index (χ3v) is 2.58. The van der Waals surface area contributed by atoms with E-state index in [-0.39, 0.29) is 18.5 Å². The molecule has 0 aromatic heterocycles. The van der Waals surface area contributed by atoms with Gasteiger partial charge in [0.05, 0.1) is 12.6 Å². The van der Waals surface area contributed by atoms with Crippen LogP contribution >= 0.6 is 0 Å². The van der Waals surface area contributed by atoms with E-state index in [9.17, 15) is 14.4 Å². The maximum absolute atomic E-state index is 11.3. The summed E-state index contributed by atoms with van der Waals surface area (Å²) in [7, 11) is 0. The van der Waals surface area contributed by atoms with E-state index in [4.69, 9.17) is 9.47 Å². The van der Waals surface area contributed by atoms with E-state index in [2.05, 4.69) is 5.43 Å². The zero-order valence-electron chi connectivity index (χ0n) is 10.9. The first-order valence-electron chi connectivity index (χ1n) is 5.70. The maximum Gasteiger partial charge on any atom is 0.303 e. The number of carbonyl (C=O) groups is 3. The van der Waals surface area contributed by atoms with Gasteiger partial charge >= 0.3 is 11.9 Å². The van der Waals surface area contributed by atoms with Crippen LogP contribution in [0.3, 0.4) is 0 Å². The summed E-state index contributed by atoms with van der Waals surface area (Å²) in [5, 5.41) is 1.35. The molecule has 3 atom stereocenters. The predicted molar refractivity (Wildman–Crippen MR) is 61.1 cm³/mol. The Hall–Kier alpha value is -1.63. The summed E-state index contributed by atoms with van der Waals surface area (Å²) in [5.41, 5.74) is 2.89. The lowest BCUT2D eigenvalue weighted by atomic mass is 10.0. The van der Waals surface area contributed by atoms with Crippen LogP contribution in [0.5, 0.6) is 0 Å². The molecular formula is C11H18N2O5. The highest BCUT2D eigenvalue weighted by Gasteiger charge is 2.39. The molecule has 0 aromatic carbocycles. The van der Waals surface area contributed by atoms with Crippen LogP contribution < -0.4 is 5.43 Å². The van der Waals surface area contributed by atoms with Crippen LogP contribution in [-0.2, 0) is 23.9 Å². The van der Waals surface area contributed by atoms with Crippen molar-refractivity contribution in [1.82, 2.24) is 10.4 Å². The van der Waals surface area contributed by atoms with Crippen LogP contribution in [0.1, 0.15) is 27.7 Å². The lowest BCUT2D eigenvalue weighted by molar-refractivity contribution is -0.180. The molecule has 1 aliphatic heterocycles. The summed E-state index contributed by atoms with van der Waals surface area (Å²) in [5.74, 6) is -1.13. The van der Waals surface area contributed by atoms with Gasteiger partial charge in [0.2, 0.25) is 5.91 Å². The Morgan fingerprint density at radius 2 is 1.67 bits per heavy atom. The molecule has 1 aliphatic rings. The standard InChI is InChI=1S/C11H18N2O5/c1-6-11(18-9(4)16)10(17-8(3)15)5-13(12-6)7(2)14/h6,10-12H,5H2,1-4H3/t6-,10+,11+/m0/s1. The Labute approximate surface area is 105 Å². The van der Waals surface area contributed by atoms with Crippen LogP contribution in [-0.4, -0.2) is 47.6 Å². The molecule has 1 heterocycles. The molecular weight excluding hydrogens is 240 g/mol. The molecule has 0 aliphatic carbocycles. The summed E-state index contributed by atoms with van der Waals surface area (Å²) in [6, 6.07) is -0.323. The highest BCUT2D eigenvalue weighted by molar-refractivity contribution is 5.73. The Morgan fingerprint density at radius 1 is 1.11 bits per heavy atom. The summed E-state index contributed by atoms with van der Waals surface area (Å²) >= 11 is 0. The number of rotatable bonds is 2. The fourth-order valence-corrected chi connectivity index (χ4v) is 1.88. The molecule has 0 aromatic rings. The Bertz CT molecular complexity index is 357. The van der Waals surface area contributed by atoms with Gasteiger partial charge in [-0.15, -0.1) is 0 Å². The van der Waals surface area contributed by atoms with Gasteiger partial charge in [-0.2, -0.15) is 0 Å². The summed E-state index contributed by atoms with van der Waals surface area (Å²) in [4.78, 5) is 33.4. The van der Waals surface area contributed by atoms with Crippen LogP contribution in [0.2, 0.25) is 0 Å². The molecule has 7 heteroatoms. The first-order valence-corrected chi connectivity index (χ1v) is 5.70. The zero-order valence-corrected chi connectivity index (χ0v) is 10.9. The molecule has 7 nitrogen and oxygen atoms in total. The van der Waals surface area contributed by atoms with Crippen molar-refractivity contribution < 1.29 is 23.9 Å². The van der Waals surface area contributed by atoms with Gasteiger partial charge in [-0.3, -0.25) is 19.4 Å². The van der Waals surface area contributed by atoms with Crippen molar-refractivity contribution in [1.29, 1.82) is 0 Å². The Kier molecular flexibility index (Phi) is 4.66. The fraction of sp³-hybridized carbons (Fsp3) is 0.727. The third-order valence-electron chi connectivity index (χ3n) is 2.58. The fourth-order valence-electron chi connectivity index (χ4n) is 1.88. The Morgan fingerprint density at radius 3 is 2.11 bits per heavy atom. The number of nitrogens with one attached hydrogen (secondary N) is 1. The summed E-state index contributed by atoms with van der Waals surface area (Å²) < 4.78 is 10.2. The quantitative estimate of drug-likeness (QED) is 0.679. The van der Waals surface area contributed by atoms with Gasteiger partial charge in [0.15, 0.2) is 12.2 Å². The smallest absolute Gasteiger partial charge is 0.303 e.